The first-order valence-electron chi connectivity index (χ1n) is 21.9. The summed E-state index contributed by atoms with van der Waals surface area (Å²) in [7, 11) is 0. The third kappa shape index (κ3) is 27.7. The zero-order chi connectivity index (χ0) is 53.0. The normalized spacial score (nSPS) is 13.3. The van der Waals surface area contributed by atoms with E-state index in [1.807, 2.05) is 0 Å². The Morgan fingerprint density at radius 1 is 0.362 bits per heavy atom. The minimum absolute atomic E-state index is 0.00107. The number of carboxylic acids is 4. The Bertz CT molecular complexity index is 1750. The van der Waals surface area contributed by atoms with E-state index < -0.39 is 157 Å². The molecule has 0 aromatic rings. The van der Waals surface area contributed by atoms with Crippen LogP contribution >= 0.6 is 0 Å². The molecule has 0 saturated carbocycles. The molecule has 388 valence electrons. The van der Waals surface area contributed by atoms with Crippen molar-refractivity contribution in [1.82, 2.24) is 53.2 Å². The van der Waals surface area contributed by atoms with Crippen LogP contribution in [-0.4, -0.2) is 166 Å². The SMILES string of the molecule is CC(NC(=O)C(NC(=O)CCCC(=O)NC(C(=O)NC(C)C(=O)NCC(=O)NCCC(=O)NC(CCC(=O)O)C(=O)O)C(C)C)C(C)C)C(=O)NCC(=O)NCCC(=O)NC(CCC(=O)O)C(=O)O. The van der Waals surface area contributed by atoms with Gasteiger partial charge in [-0.1, -0.05) is 27.7 Å². The molecule has 6 atom stereocenters. The van der Waals surface area contributed by atoms with Crippen LogP contribution in [0.4, 0.5) is 0 Å². The van der Waals surface area contributed by atoms with Gasteiger partial charge in [0.1, 0.15) is 36.3 Å². The molecule has 0 heterocycles. The third-order valence-electron chi connectivity index (χ3n) is 9.60. The van der Waals surface area contributed by atoms with Crippen molar-refractivity contribution in [3.8, 4) is 0 Å². The van der Waals surface area contributed by atoms with Crippen LogP contribution in [0.5, 0.6) is 0 Å². The molecule has 0 radical (unpaired) electrons. The number of hydrogen-bond acceptors (Lipinski definition) is 14. The topological polar surface area (TPSA) is 440 Å². The highest BCUT2D eigenvalue weighted by Gasteiger charge is 2.29. The predicted molar refractivity (Wildman–Crippen MR) is 237 cm³/mol. The van der Waals surface area contributed by atoms with Crippen molar-refractivity contribution in [3.05, 3.63) is 0 Å². The van der Waals surface area contributed by atoms with Gasteiger partial charge in [-0.3, -0.25) is 57.5 Å². The van der Waals surface area contributed by atoms with Crippen molar-refractivity contribution in [3.63, 3.8) is 0 Å². The molecule has 6 unspecified atom stereocenters. The van der Waals surface area contributed by atoms with Crippen molar-refractivity contribution in [2.24, 2.45) is 11.8 Å². The number of carboxylic acid groups (broad SMARTS) is 4. The quantitative estimate of drug-likeness (QED) is 0.0289. The molecule has 0 fully saturated rings. The lowest BCUT2D eigenvalue weighted by atomic mass is 10.0. The third-order valence-corrected chi connectivity index (χ3v) is 9.60. The summed E-state index contributed by atoms with van der Waals surface area (Å²) in [5.74, 6) is -13.4. The average Bonchev–Trinajstić information content (AvgIpc) is 3.24. The number of aliphatic carboxylic acids is 4. The lowest BCUT2D eigenvalue weighted by Crippen LogP contribution is -2.55. The van der Waals surface area contributed by atoms with Gasteiger partial charge in [-0.15, -0.1) is 0 Å². The van der Waals surface area contributed by atoms with Crippen LogP contribution in [0, 0.1) is 11.8 Å². The molecule has 0 aromatic carbocycles. The van der Waals surface area contributed by atoms with Gasteiger partial charge in [0.25, 0.3) is 0 Å². The van der Waals surface area contributed by atoms with Gasteiger partial charge >= 0.3 is 23.9 Å². The van der Waals surface area contributed by atoms with Crippen molar-refractivity contribution < 1.29 is 87.5 Å². The Balaban J connectivity index is 4.81. The number of carbonyl (C=O) groups is 14. The van der Waals surface area contributed by atoms with Crippen LogP contribution < -0.4 is 53.2 Å². The number of rotatable bonds is 34. The van der Waals surface area contributed by atoms with Crippen LogP contribution in [0.25, 0.3) is 0 Å². The second-order valence-corrected chi connectivity index (χ2v) is 16.3. The first-order valence-corrected chi connectivity index (χ1v) is 21.9. The molecule has 14 N–H and O–H groups in total. The summed E-state index contributed by atoms with van der Waals surface area (Å²) >= 11 is 0. The Hall–Kier alpha value is -7.42. The molecule has 0 aliphatic heterocycles. The standard InChI is InChI=1S/C41H66N10O18/c1-20(2)34(38(64)46-22(5)36(62)44-18-30(56)42-16-14-28(54)48-24(40(66)67)10-12-32(58)59)50-26(52)8-7-9-27(53)51-35(21(3)4)39(65)47-23(6)37(63)45-19-31(57)43-17-15-29(55)49-25(41(68)69)11-13-33(60)61/h20-25,34-35H,7-19H2,1-6H3,(H,42,56)(H,43,57)(H,44,62)(H,45,63)(H,46,64)(H,47,65)(H,48,54)(H,49,55)(H,50,52)(H,51,53)(H,58,59)(H,60,61)(H,66,67)(H,68,69). The van der Waals surface area contributed by atoms with Gasteiger partial charge in [-0.25, -0.2) is 9.59 Å². The highest BCUT2D eigenvalue weighted by molar-refractivity contribution is 5.95. The monoisotopic (exact) mass is 986 g/mol. The van der Waals surface area contributed by atoms with E-state index >= 15 is 0 Å². The van der Waals surface area contributed by atoms with Gasteiger partial charge in [0, 0.05) is 51.6 Å². The van der Waals surface area contributed by atoms with Gasteiger partial charge in [0.15, 0.2) is 0 Å². The highest BCUT2D eigenvalue weighted by Crippen LogP contribution is 2.07. The van der Waals surface area contributed by atoms with E-state index in [1.54, 1.807) is 27.7 Å². The number of amides is 10. The summed E-state index contributed by atoms with van der Waals surface area (Å²) < 4.78 is 0. The van der Waals surface area contributed by atoms with Gasteiger partial charge < -0.3 is 73.6 Å². The molecule has 10 amide bonds. The van der Waals surface area contributed by atoms with E-state index in [4.69, 9.17) is 20.4 Å². The summed E-state index contributed by atoms with van der Waals surface area (Å²) in [5, 5.41) is 59.3. The van der Waals surface area contributed by atoms with Crippen LogP contribution in [-0.2, 0) is 67.1 Å². The van der Waals surface area contributed by atoms with E-state index in [0.717, 1.165) is 0 Å². The number of nitrogens with one attached hydrogen (secondary N) is 10. The molecule has 0 spiro atoms. The molecule has 28 nitrogen and oxygen atoms in total. The van der Waals surface area contributed by atoms with E-state index in [1.165, 1.54) is 13.8 Å². The fourth-order valence-corrected chi connectivity index (χ4v) is 5.69. The van der Waals surface area contributed by atoms with Gasteiger partial charge in [0.05, 0.1) is 13.1 Å². The maximum Gasteiger partial charge on any atom is 0.326 e. The summed E-state index contributed by atoms with van der Waals surface area (Å²) in [6, 6.07) is -7.43. The van der Waals surface area contributed by atoms with E-state index in [-0.39, 0.29) is 58.0 Å². The molecule has 0 bridgehead atoms. The molecule has 28 heteroatoms. The molecular weight excluding hydrogens is 921 g/mol. The van der Waals surface area contributed by atoms with Gasteiger partial charge in [-0.2, -0.15) is 0 Å². The maximum absolute atomic E-state index is 13.0. The summed E-state index contributed by atoms with van der Waals surface area (Å²) in [4.78, 5) is 169. The van der Waals surface area contributed by atoms with Crippen molar-refractivity contribution >= 4 is 82.9 Å². The summed E-state index contributed by atoms with van der Waals surface area (Å²) in [6.45, 7) is 7.62. The zero-order valence-electron chi connectivity index (χ0n) is 39.3. The number of hydrogen-bond donors (Lipinski definition) is 14. The van der Waals surface area contributed by atoms with Crippen LogP contribution in [0.3, 0.4) is 0 Å². The lowest BCUT2D eigenvalue weighted by molar-refractivity contribution is -0.144. The molecule has 0 aliphatic rings. The molecule has 0 aromatic heterocycles. The minimum Gasteiger partial charge on any atom is -0.481 e. The molecule has 0 rings (SSSR count). The first-order chi connectivity index (χ1) is 32.1. The highest BCUT2D eigenvalue weighted by atomic mass is 16.4. The van der Waals surface area contributed by atoms with Crippen molar-refractivity contribution in [2.45, 2.75) is 136 Å². The van der Waals surface area contributed by atoms with Gasteiger partial charge in [-0.05, 0) is 44.9 Å². The second-order valence-electron chi connectivity index (χ2n) is 16.3. The average molecular weight is 987 g/mol. The number of carbonyl (C=O) groups excluding carboxylic acids is 10. The lowest BCUT2D eigenvalue weighted by Gasteiger charge is -2.24. The largest absolute Gasteiger partial charge is 0.481 e. The Morgan fingerprint density at radius 3 is 0.971 bits per heavy atom. The first kappa shape index (κ1) is 61.6. The zero-order valence-corrected chi connectivity index (χ0v) is 39.3. The smallest absolute Gasteiger partial charge is 0.326 e. The van der Waals surface area contributed by atoms with Crippen LogP contribution in [0.2, 0.25) is 0 Å². The van der Waals surface area contributed by atoms with Crippen molar-refractivity contribution in [2.75, 3.05) is 26.2 Å². The predicted octanol–water partition coefficient (Wildman–Crippen LogP) is -4.44. The minimum atomic E-state index is -1.44. The van der Waals surface area contributed by atoms with E-state index in [2.05, 4.69) is 53.2 Å². The van der Waals surface area contributed by atoms with Gasteiger partial charge in [0.2, 0.25) is 59.1 Å². The molecule has 0 saturated heterocycles. The molecular formula is C41H66N10O18. The molecule has 69 heavy (non-hydrogen) atoms. The van der Waals surface area contributed by atoms with Crippen LogP contribution in [0.1, 0.15) is 99.3 Å². The van der Waals surface area contributed by atoms with Crippen molar-refractivity contribution in [1.29, 1.82) is 0 Å². The maximum atomic E-state index is 13.0. The fraction of sp³-hybridized carbons (Fsp3) is 0.659. The van der Waals surface area contributed by atoms with E-state index in [0.29, 0.717) is 0 Å². The Kier molecular flexibility index (Phi) is 28.8. The van der Waals surface area contributed by atoms with E-state index in [9.17, 15) is 67.1 Å². The molecule has 0 aliphatic carbocycles. The Morgan fingerprint density at radius 2 is 0.681 bits per heavy atom. The van der Waals surface area contributed by atoms with Crippen LogP contribution in [0.15, 0.2) is 0 Å². The summed E-state index contributed by atoms with van der Waals surface area (Å²) in [6.07, 6.45) is -2.77. The second kappa shape index (κ2) is 32.3. The Labute approximate surface area is 396 Å². The summed E-state index contributed by atoms with van der Waals surface area (Å²) in [5.41, 5.74) is 0. The fourth-order valence-electron chi connectivity index (χ4n) is 5.69.